The Balaban J connectivity index is 2.30. The minimum Gasteiger partial charge on any atom is -0.490 e. The summed E-state index contributed by atoms with van der Waals surface area (Å²) in [6.07, 6.45) is 0. The molecule has 0 aromatic heterocycles. The largest absolute Gasteiger partial charge is 0.490 e. The zero-order valence-electron chi connectivity index (χ0n) is 10.7. The van der Waals surface area contributed by atoms with E-state index >= 15 is 0 Å². The molecule has 0 amide bonds. The van der Waals surface area contributed by atoms with E-state index in [0.29, 0.717) is 29.4 Å². The molecular weight excluding hydrogens is 245 g/mol. The smallest absolute Gasteiger partial charge is 0.169 e. The summed E-state index contributed by atoms with van der Waals surface area (Å²) in [5, 5.41) is 0. The van der Waals surface area contributed by atoms with Crippen LogP contribution in [0.3, 0.4) is 0 Å². The van der Waals surface area contributed by atoms with Crippen molar-refractivity contribution in [2.75, 3.05) is 6.61 Å². The summed E-state index contributed by atoms with van der Waals surface area (Å²) >= 11 is 0. The zero-order chi connectivity index (χ0) is 13.7. The highest BCUT2D eigenvalue weighted by Gasteiger charge is 2.09. The van der Waals surface area contributed by atoms with Crippen molar-refractivity contribution in [2.24, 2.45) is 5.73 Å². The highest BCUT2D eigenvalue weighted by molar-refractivity contribution is 5.45. The average Bonchev–Trinajstić information content (AvgIpc) is 2.43. The van der Waals surface area contributed by atoms with Crippen LogP contribution in [0.5, 0.6) is 17.2 Å². The Labute approximate surface area is 111 Å². The standard InChI is InChI=1S/C15H16FNO2/c1-2-18-14-5-3-4-6-15(14)19-13-8-7-12(16)9-11(13)10-17/h3-9H,2,10,17H2,1H3. The second-order valence-corrected chi connectivity index (χ2v) is 3.94. The van der Waals surface area contributed by atoms with Gasteiger partial charge in [0.1, 0.15) is 11.6 Å². The second kappa shape index (κ2) is 6.20. The number of ether oxygens (including phenoxy) is 2. The van der Waals surface area contributed by atoms with Gasteiger partial charge in [-0.25, -0.2) is 4.39 Å². The number of para-hydroxylation sites is 2. The summed E-state index contributed by atoms with van der Waals surface area (Å²) in [4.78, 5) is 0. The SMILES string of the molecule is CCOc1ccccc1Oc1ccc(F)cc1CN. The molecule has 2 aromatic carbocycles. The lowest BCUT2D eigenvalue weighted by molar-refractivity contribution is 0.321. The molecule has 2 aromatic rings. The highest BCUT2D eigenvalue weighted by Crippen LogP contribution is 2.33. The molecule has 0 aliphatic rings. The number of halogens is 1. The van der Waals surface area contributed by atoms with Gasteiger partial charge in [0, 0.05) is 12.1 Å². The Hall–Kier alpha value is -2.07. The van der Waals surface area contributed by atoms with Crippen LogP contribution >= 0.6 is 0 Å². The maximum Gasteiger partial charge on any atom is 0.169 e. The van der Waals surface area contributed by atoms with E-state index in [9.17, 15) is 4.39 Å². The van der Waals surface area contributed by atoms with Crippen molar-refractivity contribution >= 4 is 0 Å². The van der Waals surface area contributed by atoms with Gasteiger partial charge in [0.05, 0.1) is 6.61 Å². The average molecular weight is 261 g/mol. The van der Waals surface area contributed by atoms with Crippen LogP contribution in [0.1, 0.15) is 12.5 Å². The van der Waals surface area contributed by atoms with Crippen LogP contribution < -0.4 is 15.2 Å². The van der Waals surface area contributed by atoms with Crippen LogP contribution in [0, 0.1) is 5.82 Å². The first-order chi connectivity index (χ1) is 9.24. The van der Waals surface area contributed by atoms with E-state index in [1.807, 2.05) is 25.1 Å². The molecule has 0 aliphatic carbocycles. The van der Waals surface area contributed by atoms with Gasteiger partial charge in [-0.3, -0.25) is 0 Å². The highest BCUT2D eigenvalue weighted by atomic mass is 19.1. The molecule has 0 saturated carbocycles. The Morgan fingerprint density at radius 3 is 2.47 bits per heavy atom. The number of nitrogens with two attached hydrogens (primary N) is 1. The van der Waals surface area contributed by atoms with E-state index < -0.39 is 0 Å². The van der Waals surface area contributed by atoms with Crippen molar-refractivity contribution in [1.29, 1.82) is 0 Å². The molecule has 0 unspecified atom stereocenters. The molecule has 100 valence electrons. The predicted molar refractivity (Wildman–Crippen MR) is 72.0 cm³/mol. The molecule has 0 bridgehead atoms. The molecule has 0 heterocycles. The van der Waals surface area contributed by atoms with Gasteiger partial charge in [-0.15, -0.1) is 0 Å². The van der Waals surface area contributed by atoms with Crippen molar-refractivity contribution in [3.8, 4) is 17.2 Å². The summed E-state index contributed by atoms with van der Waals surface area (Å²) in [6.45, 7) is 2.66. The quantitative estimate of drug-likeness (QED) is 0.896. The lowest BCUT2D eigenvalue weighted by Crippen LogP contribution is -2.01. The summed E-state index contributed by atoms with van der Waals surface area (Å²) in [6, 6.07) is 11.6. The first-order valence-electron chi connectivity index (χ1n) is 6.12. The first kappa shape index (κ1) is 13.4. The van der Waals surface area contributed by atoms with Crippen LogP contribution in [0.4, 0.5) is 4.39 Å². The zero-order valence-corrected chi connectivity index (χ0v) is 10.7. The fourth-order valence-corrected chi connectivity index (χ4v) is 1.73. The van der Waals surface area contributed by atoms with E-state index in [-0.39, 0.29) is 12.4 Å². The molecule has 4 heteroatoms. The predicted octanol–water partition coefficient (Wildman–Crippen LogP) is 3.48. The lowest BCUT2D eigenvalue weighted by Gasteiger charge is -2.13. The third kappa shape index (κ3) is 3.23. The topological polar surface area (TPSA) is 44.5 Å². The fourth-order valence-electron chi connectivity index (χ4n) is 1.73. The lowest BCUT2D eigenvalue weighted by atomic mass is 10.2. The summed E-state index contributed by atoms with van der Waals surface area (Å²) in [5.74, 6) is 1.45. The van der Waals surface area contributed by atoms with Crippen LogP contribution in [0.15, 0.2) is 42.5 Å². The molecule has 19 heavy (non-hydrogen) atoms. The molecule has 0 atom stereocenters. The van der Waals surface area contributed by atoms with Crippen LogP contribution in [-0.4, -0.2) is 6.61 Å². The normalized spacial score (nSPS) is 10.3. The Morgan fingerprint density at radius 1 is 1.05 bits per heavy atom. The summed E-state index contributed by atoms with van der Waals surface area (Å²) < 4.78 is 24.4. The van der Waals surface area contributed by atoms with Crippen molar-refractivity contribution in [1.82, 2.24) is 0 Å². The van der Waals surface area contributed by atoms with Gasteiger partial charge in [0.2, 0.25) is 0 Å². The Kier molecular flexibility index (Phi) is 4.36. The van der Waals surface area contributed by atoms with E-state index in [2.05, 4.69) is 0 Å². The molecule has 0 aliphatic heterocycles. The molecule has 2 N–H and O–H groups in total. The van der Waals surface area contributed by atoms with E-state index in [4.69, 9.17) is 15.2 Å². The molecular formula is C15H16FNO2. The minimum absolute atomic E-state index is 0.212. The molecule has 0 radical (unpaired) electrons. The van der Waals surface area contributed by atoms with Gasteiger partial charge in [-0.05, 0) is 37.3 Å². The van der Waals surface area contributed by atoms with Gasteiger partial charge in [0.25, 0.3) is 0 Å². The molecule has 0 spiro atoms. The van der Waals surface area contributed by atoms with Crippen LogP contribution in [0.2, 0.25) is 0 Å². The first-order valence-corrected chi connectivity index (χ1v) is 6.12. The van der Waals surface area contributed by atoms with Gasteiger partial charge in [0.15, 0.2) is 11.5 Å². The van der Waals surface area contributed by atoms with Crippen molar-refractivity contribution in [3.63, 3.8) is 0 Å². The summed E-state index contributed by atoms with van der Waals surface area (Å²) in [7, 11) is 0. The van der Waals surface area contributed by atoms with Gasteiger partial charge in [-0.1, -0.05) is 12.1 Å². The molecule has 2 rings (SSSR count). The molecule has 3 nitrogen and oxygen atoms in total. The van der Waals surface area contributed by atoms with Crippen molar-refractivity contribution in [2.45, 2.75) is 13.5 Å². The molecule has 0 fully saturated rings. The number of hydrogen-bond acceptors (Lipinski definition) is 3. The monoisotopic (exact) mass is 261 g/mol. The van der Waals surface area contributed by atoms with Gasteiger partial charge >= 0.3 is 0 Å². The fraction of sp³-hybridized carbons (Fsp3) is 0.200. The van der Waals surface area contributed by atoms with E-state index in [1.54, 1.807) is 12.1 Å². The number of rotatable bonds is 5. The van der Waals surface area contributed by atoms with Crippen LogP contribution in [0.25, 0.3) is 0 Å². The summed E-state index contributed by atoms with van der Waals surface area (Å²) in [5.41, 5.74) is 6.21. The van der Waals surface area contributed by atoms with E-state index in [1.165, 1.54) is 12.1 Å². The second-order valence-electron chi connectivity index (χ2n) is 3.94. The van der Waals surface area contributed by atoms with Crippen LogP contribution in [-0.2, 0) is 6.54 Å². The van der Waals surface area contributed by atoms with Gasteiger partial charge in [-0.2, -0.15) is 0 Å². The van der Waals surface area contributed by atoms with Gasteiger partial charge < -0.3 is 15.2 Å². The maximum atomic E-state index is 13.1. The number of benzene rings is 2. The minimum atomic E-state index is -0.328. The Morgan fingerprint density at radius 2 is 1.79 bits per heavy atom. The molecule has 0 saturated heterocycles. The Bertz CT molecular complexity index is 558. The maximum absolute atomic E-state index is 13.1. The van der Waals surface area contributed by atoms with Crippen molar-refractivity contribution in [3.05, 3.63) is 53.8 Å². The number of hydrogen-bond donors (Lipinski definition) is 1. The third-order valence-corrected chi connectivity index (χ3v) is 2.61. The van der Waals surface area contributed by atoms with E-state index in [0.717, 1.165) is 0 Å². The third-order valence-electron chi connectivity index (χ3n) is 2.61. The van der Waals surface area contributed by atoms with Crippen molar-refractivity contribution < 1.29 is 13.9 Å².